The number of nitrogens with two attached hydrogens (primary N) is 1. The van der Waals surface area contributed by atoms with Crippen LogP contribution in [0.1, 0.15) is 22.3 Å². The number of carbonyl (C=O) groups excluding carboxylic acids is 1. The maximum absolute atomic E-state index is 11.9. The molecule has 0 saturated heterocycles. The Hall–Kier alpha value is -2.31. The van der Waals surface area contributed by atoms with E-state index in [1.807, 2.05) is 30.3 Å². The molecule has 19 heavy (non-hydrogen) atoms. The molecule has 0 saturated carbocycles. The molecule has 2 aromatic carbocycles. The van der Waals surface area contributed by atoms with Crippen LogP contribution in [0.4, 0.5) is 0 Å². The lowest BCUT2D eigenvalue weighted by Crippen LogP contribution is -2.25. The van der Waals surface area contributed by atoms with E-state index in [2.05, 4.69) is 11.2 Å². The summed E-state index contributed by atoms with van der Waals surface area (Å²) in [5.74, 6) is 2.53. The lowest BCUT2D eigenvalue weighted by Gasteiger charge is -2.06. The molecule has 96 valence electrons. The quantitative estimate of drug-likeness (QED) is 0.645. The molecule has 0 aliphatic carbocycles. The van der Waals surface area contributed by atoms with Gasteiger partial charge in [0.2, 0.25) is 0 Å². The number of carbonyl (C=O) groups is 1. The van der Waals surface area contributed by atoms with E-state index in [0.717, 1.165) is 22.8 Å². The molecule has 2 rings (SSSR count). The molecule has 0 aromatic heterocycles. The van der Waals surface area contributed by atoms with Gasteiger partial charge in [0, 0.05) is 17.7 Å². The third-order valence-corrected chi connectivity index (χ3v) is 2.94. The zero-order chi connectivity index (χ0) is 13.7. The number of benzene rings is 2. The molecule has 0 fully saturated rings. The summed E-state index contributed by atoms with van der Waals surface area (Å²) in [5, 5.41) is 4.88. The van der Waals surface area contributed by atoms with Crippen molar-refractivity contribution < 1.29 is 4.79 Å². The SMILES string of the molecule is C#Cc1ccc2cc(C(=O)NCCCN)ccc2c1. The second kappa shape index (κ2) is 6.03. The van der Waals surface area contributed by atoms with E-state index >= 15 is 0 Å². The molecule has 0 spiro atoms. The van der Waals surface area contributed by atoms with Gasteiger partial charge in [0.1, 0.15) is 0 Å². The van der Waals surface area contributed by atoms with Crippen LogP contribution in [0.25, 0.3) is 10.8 Å². The zero-order valence-electron chi connectivity index (χ0n) is 10.6. The first-order valence-electron chi connectivity index (χ1n) is 6.23. The highest BCUT2D eigenvalue weighted by molar-refractivity contribution is 5.98. The molecule has 3 heteroatoms. The van der Waals surface area contributed by atoms with Crippen LogP contribution in [0.5, 0.6) is 0 Å². The number of rotatable bonds is 4. The highest BCUT2D eigenvalue weighted by atomic mass is 16.1. The van der Waals surface area contributed by atoms with Gasteiger partial charge in [0.15, 0.2) is 0 Å². The second-order valence-corrected chi connectivity index (χ2v) is 4.32. The molecule has 3 nitrogen and oxygen atoms in total. The fourth-order valence-electron chi connectivity index (χ4n) is 1.88. The fourth-order valence-corrected chi connectivity index (χ4v) is 1.88. The van der Waals surface area contributed by atoms with Gasteiger partial charge in [0.25, 0.3) is 5.91 Å². The number of terminal acetylenes is 1. The normalized spacial score (nSPS) is 10.1. The van der Waals surface area contributed by atoms with Crippen molar-refractivity contribution in [3.05, 3.63) is 47.5 Å². The van der Waals surface area contributed by atoms with E-state index in [-0.39, 0.29) is 5.91 Å². The molecule has 3 N–H and O–H groups in total. The van der Waals surface area contributed by atoms with Crippen molar-refractivity contribution in [1.82, 2.24) is 5.32 Å². The fraction of sp³-hybridized carbons (Fsp3) is 0.188. The van der Waals surface area contributed by atoms with Crippen LogP contribution in [0.3, 0.4) is 0 Å². The number of hydrogen-bond acceptors (Lipinski definition) is 2. The van der Waals surface area contributed by atoms with Crippen LogP contribution in [0.2, 0.25) is 0 Å². The third kappa shape index (κ3) is 3.12. The molecular formula is C16H16N2O. The van der Waals surface area contributed by atoms with Gasteiger partial charge in [-0.25, -0.2) is 0 Å². The lowest BCUT2D eigenvalue weighted by atomic mass is 10.0. The maximum Gasteiger partial charge on any atom is 0.251 e. The predicted molar refractivity (Wildman–Crippen MR) is 77.9 cm³/mol. The van der Waals surface area contributed by atoms with Gasteiger partial charge in [-0.05, 0) is 48.0 Å². The van der Waals surface area contributed by atoms with Crippen molar-refractivity contribution in [2.45, 2.75) is 6.42 Å². The highest BCUT2D eigenvalue weighted by Crippen LogP contribution is 2.17. The number of hydrogen-bond donors (Lipinski definition) is 2. The van der Waals surface area contributed by atoms with E-state index in [9.17, 15) is 4.79 Å². The molecule has 0 unspecified atom stereocenters. The molecule has 0 aliphatic rings. The van der Waals surface area contributed by atoms with Gasteiger partial charge < -0.3 is 11.1 Å². The van der Waals surface area contributed by atoms with Crippen molar-refractivity contribution in [2.24, 2.45) is 5.73 Å². The minimum Gasteiger partial charge on any atom is -0.352 e. The molecule has 1 amide bonds. The summed E-state index contributed by atoms with van der Waals surface area (Å²) in [7, 11) is 0. The Morgan fingerprint density at radius 2 is 1.95 bits per heavy atom. The first-order chi connectivity index (χ1) is 9.24. The maximum atomic E-state index is 11.9. The molecule has 2 aromatic rings. The van der Waals surface area contributed by atoms with Crippen molar-refractivity contribution >= 4 is 16.7 Å². The minimum atomic E-state index is -0.0728. The van der Waals surface area contributed by atoms with E-state index in [4.69, 9.17) is 12.2 Å². The standard InChI is InChI=1S/C16H16N2O/c1-2-12-4-5-14-11-15(7-6-13(14)10-12)16(19)18-9-3-8-17/h1,4-7,10-11H,3,8-9,17H2,(H,18,19). The van der Waals surface area contributed by atoms with Crippen molar-refractivity contribution in [2.75, 3.05) is 13.1 Å². The van der Waals surface area contributed by atoms with E-state index in [0.29, 0.717) is 18.7 Å². The van der Waals surface area contributed by atoms with Gasteiger partial charge >= 0.3 is 0 Å². The minimum absolute atomic E-state index is 0.0728. The largest absolute Gasteiger partial charge is 0.352 e. The van der Waals surface area contributed by atoms with Gasteiger partial charge in [-0.3, -0.25) is 4.79 Å². The van der Waals surface area contributed by atoms with Gasteiger partial charge in [-0.1, -0.05) is 18.1 Å². The average Bonchev–Trinajstić information content (AvgIpc) is 2.46. The monoisotopic (exact) mass is 252 g/mol. The predicted octanol–water partition coefficient (Wildman–Crippen LogP) is 1.90. The second-order valence-electron chi connectivity index (χ2n) is 4.32. The van der Waals surface area contributed by atoms with Gasteiger partial charge in [-0.2, -0.15) is 0 Å². The third-order valence-electron chi connectivity index (χ3n) is 2.94. The molecule has 0 aliphatic heterocycles. The Morgan fingerprint density at radius 3 is 2.68 bits per heavy atom. The van der Waals surface area contributed by atoms with Crippen LogP contribution in [-0.2, 0) is 0 Å². The van der Waals surface area contributed by atoms with Crippen LogP contribution in [-0.4, -0.2) is 19.0 Å². The van der Waals surface area contributed by atoms with Crippen LogP contribution < -0.4 is 11.1 Å². The van der Waals surface area contributed by atoms with Crippen molar-refractivity contribution in [3.63, 3.8) is 0 Å². The molecular weight excluding hydrogens is 236 g/mol. The highest BCUT2D eigenvalue weighted by Gasteiger charge is 2.05. The Morgan fingerprint density at radius 1 is 1.21 bits per heavy atom. The summed E-state index contributed by atoms with van der Waals surface area (Å²) < 4.78 is 0. The smallest absolute Gasteiger partial charge is 0.251 e. The number of nitrogens with one attached hydrogen (secondary N) is 1. The topological polar surface area (TPSA) is 55.1 Å². The van der Waals surface area contributed by atoms with E-state index < -0.39 is 0 Å². The molecule has 0 atom stereocenters. The summed E-state index contributed by atoms with van der Waals surface area (Å²) in [6.45, 7) is 1.18. The van der Waals surface area contributed by atoms with Crippen molar-refractivity contribution in [3.8, 4) is 12.3 Å². The van der Waals surface area contributed by atoms with Crippen LogP contribution >= 0.6 is 0 Å². The lowest BCUT2D eigenvalue weighted by molar-refractivity contribution is 0.0953. The van der Waals surface area contributed by atoms with Crippen molar-refractivity contribution in [1.29, 1.82) is 0 Å². The Balaban J connectivity index is 2.22. The summed E-state index contributed by atoms with van der Waals surface area (Å²) >= 11 is 0. The average molecular weight is 252 g/mol. The summed E-state index contributed by atoms with van der Waals surface area (Å²) in [6, 6.07) is 11.3. The van der Waals surface area contributed by atoms with E-state index in [1.165, 1.54) is 0 Å². The number of amides is 1. The first-order valence-corrected chi connectivity index (χ1v) is 6.23. The molecule has 0 bridgehead atoms. The zero-order valence-corrected chi connectivity index (χ0v) is 10.6. The van der Waals surface area contributed by atoms with Crippen LogP contribution in [0, 0.1) is 12.3 Å². The number of fused-ring (bicyclic) bond motifs is 1. The molecule has 0 heterocycles. The Bertz CT molecular complexity index is 641. The summed E-state index contributed by atoms with van der Waals surface area (Å²) in [5.41, 5.74) is 6.88. The Labute approximate surface area is 112 Å². The first kappa shape index (κ1) is 13.1. The van der Waals surface area contributed by atoms with E-state index in [1.54, 1.807) is 6.07 Å². The summed E-state index contributed by atoms with van der Waals surface area (Å²) in [6.07, 6.45) is 6.15. The van der Waals surface area contributed by atoms with Crippen LogP contribution in [0.15, 0.2) is 36.4 Å². The Kier molecular flexibility index (Phi) is 4.17. The molecule has 0 radical (unpaired) electrons. The van der Waals surface area contributed by atoms with Gasteiger partial charge in [-0.15, -0.1) is 6.42 Å². The van der Waals surface area contributed by atoms with Gasteiger partial charge in [0.05, 0.1) is 0 Å². The summed E-state index contributed by atoms with van der Waals surface area (Å²) in [4.78, 5) is 11.9.